The Labute approximate surface area is 166 Å². The van der Waals surface area contributed by atoms with E-state index >= 15 is 0 Å². The van der Waals surface area contributed by atoms with Crippen LogP contribution in [0.4, 0.5) is 10.1 Å². The molecule has 0 saturated heterocycles. The van der Waals surface area contributed by atoms with Gasteiger partial charge in [-0.1, -0.05) is 30.2 Å². The number of amides is 2. The summed E-state index contributed by atoms with van der Waals surface area (Å²) in [4.78, 5) is 25.8. The molecule has 0 aromatic heterocycles. The second-order valence-electron chi connectivity index (χ2n) is 5.78. The average molecular weight is 432 g/mol. The Morgan fingerprint density at radius 2 is 1.81 bits per heavy atom. The van der Waals surface area contributed by atoms with Crippen LogP contribution in [0.5, 0.6) is 0 Å². The van der Waals surface area contributed by atoms with Crippen LogP contribution in [0, 0.1) is 18.2 Å². The van der Waals surface area contributed by atoms with E-state index in [-0.39, 0.29) is 37.3 Å². The number of carbonyl (C=O) groups is 2. The molecule has 0 radical (unpaired) electrons. The zero-order chi connectivity index (χ0) is 19.6. The van der Waals surface area contributed by atoms with Crippen LogP contribution in [0.2, 0.25) is 0 Å². The molecule has 0 unspecified atom stereocenters. The van der Waals surface area contributed by atoms with E-state index in [1.165, 1.54) is 12.1 Å². The number of nitrogens with zero attached hydrogens (tertiary/aromatic N) is 1. The maximum atomic E-state index is 13.0. The normalized spacial score (nSPS) is 10.3. The molecule has 140 valence electrons. The summed E-state index contributed by atoms with van der Waals surface area (Å²) in [6.45, 7) is 0.541. The summed E-state index contributed by atoms with van der Waals surface area (Å²) in [5, 5.41) is 5.28. The van der Waals surface area contributed by atoms with E-state index in [0.29, 0.717) is 12.2 Å². The zero-order valence-corrected chi connectivity index (χ0v) is 16.1. The van der Waals surface area contributed by atoms with Gasteiger partial charge in [0.1, 0.15) is 5.82 Å². The molecular formula is C20H19BrFN3O2. The maximum Gasteiger partial charge on any atom is 0.243 e. The summed E-state index contributed by atoms with van der Waals surface area (Å²) in [6, 6.07) is 13.2. The molecule has 2 aromatic rings. The van der Waals surface area contributed by atoms with E-state index in [0.717, 1.165) is 10.0 Å². The van der Waals surface area contributed by atoms with Crippen LogP contribution in [-0.4, -0.2) is 36.3 Å². The van der Waals surface area contributed by atoms with Gasteiger partial charge in [-0.3, -0.25) is 14.5 Å². The van der Waals surface area contributed by atoms with Gasteiger partial charge >= 0.3 is 0 Å². The Morgan fingerprint density at radius 3 is 2.48 bits per heavy atom. The van der Waals surface area contributed by atoms with Crippen molar-refractivity contribution in [1.82, 2.24) is 10.2 Å². The van der Waals surface area contributed by atoms with E-state index in [2.05, 4.69) is 32.5 Å². The Balaban J connectivity index is 1.82. The van der Waals surface area contributed by atoms with Gasteiger partial charge in [-0.2, -0.15) is 0 Å². The van der Waals surface area contributed by atoms with Crippen LogP contribution in [0.3, 0.4) is 0 Å². The molecule has 0 aliphatic carbocycles. The summed E-state index contributed by atoms with van der Waals surface area (Å²) < 4.78 is 13.7. The van der Waals surface area contributed by atoms with Gasteiger partial charge < -0.3 is 10.6 Å². The van der Waals surface area contributed by atoms with Gasteiger partial charge in [-0.05, 0) is 45.8 Å². The second kappa shape index (κ2) is 10.5. The minimum atomic E-state index is -0.336. The summed E-state index contributed by atoms with van der Waals surface area (Å²) in [6.07, 6.45) is 5.35. The Bertz CT molecular complexity index is 834. The quantitative estimate of drug-likeness (QED) is 0.631. The maximum absolute atomic E-state index is 13.0. The summed E-state index contributed by atoms with van der Waals surface area (Å²) in [5.74, 6) is 1.51. The number of rotatable bonds is 8. The number of hydrogen-bond acceptors (Lipinski definition) is 3. The van der Waals surface area contributed by atoms with Gasteiger partial charge in [0.05, 0.1) is 25.3 Å². The third kappa shape index (κ3) is 7.21. The van der Waals surface area contributed by atoms with Gasteiger partial charge in [0.15, 0.2) is 0 Å². The first-order valence-corrected chi connectivity index (χ1v) is 8.98. The number of hydrogen-bond donors (Lipinski definition) is 2. The van der Waals surface area contributed by atoms with Crippen molar-refractivity contribution in [3.8, 4) is 12.3 Å². The average Bonchev–Trinajstić information content (AvgIpc) is 2.64. The molecule has 0 bridgehead atoms. The van der Waals surface area contributed by atoms with E-state index in [1.807, 2.05) is 6.07 Å². The molecule has 27 heavy (non-hydrogen) atoms. The highest BCUT2D eigenvalue weighted by Crippen LogP contribution is 2.20. The molecule has 2 rings (SSSR count). The molecule has 2 amide bonds. The van der Waals surface area contributed by atoms with Crippen molar-refractivity contribution >= 4 is 33.4 Å². The SMILES string of the molecule is C#CCN(CC(=O)NCC(=O)Nc1ccccc1Br)Cc1ccc(F)cc1. The van der Waals surface area contributed by atoms with Crippen molar-refractivity contribution < 1.29 is 14.0 Å². The highest BCUT2D eigenvalue weighted by Gasteiger charge is 2.12. The van der Waals surface area contributed by atoms with Crippen LogP contribution in [0.25, 0.3) is 0 Å². The lowest BCUT2D eigenvalue weighted by atomic mass is 10.2. The van der Waals surface area contributed by atoms with Crippen molar-refractivity contribution in [2.45, 2.75) is 6.54 Å². The lowest BCUT2D eigenvalue weighted by Gasteiger charge is -2.19. The van der Waals surface area contributed by atoms with Crippen molar-refractivity contribution in [3.63, 3.8) is 0 Å². The molecule has 2 N–H and O–H groups in total. The summed E-state index contributed by atoms with van der Waals surface area (Å²) >= 11 is 3.34. The first-order chi connectivity index (χ1) is 13.0. The van der Waals surface area contributed by atoms with Gasteiger partial charge in [0, 0.05) is 11.0 Å². The molecule has 5 nitrogen and oxygen atoms in total. The van der Waals surface area contributed by atoms with Crippen LogP contribution in [-0.2, 0) is 16.1 Å². The largest absolute Gasteiger partial charge is 0.346 e. The lowest BCUT2D eigenvalue weighted by Crippen LogP contribution is -2.40. The molecule has 0 saturated carbocycles. The number of benzene rings is 2. The van der Waals surface area contributed by atoms with Crippen LogP contribution < -0.4 is 10.6 Å². The minimum Gasteiger partial charge on any atom is -0.346 e. The highest BCUT2D eigenvalue weighted by molar-refractivity contribution is 9.10. The topological polar surface area (TPSA) is 61.4 Å². The Morgan fingerprint density at radius 1 is 1.11 bits per heavy atom. The lowest BCUT2D eigenvalue weighted by molar-refractivity contribution is -0.125. The van der Waals surface area contributed by atoms with Gasteiger partial charge in [-0.25, -0.2) is 4.39 Å². The molecule has 0 heterocycles. The molecular weight excluding hydrogens is 413 g/mol. The number of terminal acetylenes is 1. The molecule has 0 fully saturated rings. The Kier molecular flexibility index (Phi) is 7.99. The molecule has 0 aliphatic heterocycles. The highest BCUT2D eigenvalue weighted by atomic mass is 79.9. The molecule has 2 aromatic carbocycles. The third-order valence-corrected chi connectivity index (χ3v) is 4.29. The predicted molar refractivity (Wildman–Crippen MR) is 106 cm³/mol. The number of carbonyl (C=O) groups excluding carboxylic acids is 2. The van der Waals surface area contributed by atoms with E-state index < -0.39 is 0 Å². The second-order valence-corrected chi connectivity index (χ2v) is 6.63. The molecule has 0 aliphatic rings. The minimum absolute atomic E-state index is 0.0316. The predicted octanol–water partition coefficient (Wildman–Crippen LogP) is 2.78. The van der Waals surface area contributed by atoms with Gasteiger partial charge in [0.25, 0.3) is 0 Å². The van der Waals surface area contributed by atoms with Crippen molar-refractivity contribution in [3.05, 3.63) is 64.4 Å². The van der Waals surface area contributed by atoms with E-state index in [9.17, 15) is 14.0 Å². The van der Waals surface area contributed by atoms with Crippen LogP contribution in [0.1, 0.15) is 5.56 Å². The fraction of sp³-hybridized carbons (Fsp3) is 0.200. The van der Waals surface area contributed by atoms with E-state index in [4.69, 9.17) is 6.42 Å². The summed E-state index contributed by atoms with van der Waals surface area (Å²) in [5.41, 5.74) is 1.47. The smallest absolute Gasteiger partial charge is 0.243 e. The van der Waals surface area contributed by atoms with Gasteiger partial charge in [-0.15, -0.1) is 6.42 Å². The number of anilines is 1. The van der Waals surface area contributed by atoms with Crippen LogP contribution >= 0.6 is 15.9 Å². The van der Waals surface area contributed by atoms with Crippen LogP contribution in [0.15, 0.2) is 53.0 Å². The molecule has 7 heteroatoms. The van der Waals surface area contributed by atoms with Crippen molar-refractivity contribution in [1.29, 1.82) is 0 Å². The number of halogens is 2. The first kappa shape index (κ1) is 20.6. The first-order valence-electron chi connectivity index (χ1n) is 8.19. The third-order valence-electron chi connectivity index (χ3n) is 3.60. The standard InChI is InChI=1S/C20H19BrFN3O2/c1-2-11-25(13-15-7-9-16(22)10-8-15)14-20(27)23-12-19(26)24-18-6-4-3-5-17(18)21/h1,3-10H,11-14H2,(H,23,27)(H,24,26). The number of nitrogens with one attached hydrogen (secondary N) is 2. The molecule has 0 atom stereocenters. The van der Waals surface area contributed by atoms with E-state index in [1.54, 1.807) is 35.2 Å². The molecule has 0 spiro atoms. The zero-order valence-electron chi connectivity index (χ0n) is 14.5. The van der Waals surface area contributed by atoms with Crippen molar-refractivity contribution in [2.24, 2.45) is 0 Å². The fourth-order valence-electron chi connectivity index (χ4n) is 2.34. The summed E-state index contributed by atoms with van der Waals surface area (Å²) in [7, 11) is 0. The fourth-order valence-corrected chi connectivity index (χ4v) is 2.72. The monoisotopic (exact) mass is 431 g/mol. The van der Waals surface area contributed by atoms with Gasteiger partial charge in [0.2, 0.25) is 11.8 Å². The van der Waals surface area contributed by atoms with Crippen molar-refractivity contribution in [2.75, 3.05) is 25.0 Å². The Hall–Kier alpha value is -2.69. The number of para-hydroxylation sites is 1.